The lowest BCUT2D eigenvalue weighted by Crippen LogP contribution is -2.49. The molecule has 0 fully saturated rings. The number of nitrogens with one attached hydrogen (secondary N) is 1. The van der Waals surface area contributed by atoms with Crippen molar-refractivity contribution in [2.45, 2.75) is 6.17 Å². The number of hydrogen-bond acceptors (Lipinski definition) is 3. The molecule has 2 amide bonds. The topological polar surface area (TPSA) is 75.4 Å². The van der Waals surface area contributed by atoms with Crippen molar-refractivity contribution in [1.82, 2.24) is 5.32 Å². The Morgan fingerprint density at radius 1 is 1.10 bits per heavy atom. The van der Waals surface area contributed by atoms with Crippen LogP contribution in [-0.4, -0.2) is 18.4 Å². The van der Waals surface area contributed by atoms with Crippen molar-refractivity contribution in [2.75, 3.05) is 11.4 Å². The molecule has 21 heavy (non-hydrogen) atoms. The SMILES string of the molecule is NC(=O)CN1c2ccccc2C(=O)NC1c1ccccc1. The molecule has 5 nitrogen and oxygen atoms in total. The largest absolute Gasteiger partial charge is 0.368 e. The predicted molar refractivity (Wildman–Crippen MR) is 79.6 cm³/mol. The van der Waals surface area contributed by atoms with Gasteiger partial charge in [0.25, 0.3) is 5.91 Å². The molecule has 1 heterocycles. The molecule has 3 N–H and O–H groups in total. The summed E-state index contributed by atoms with van der Waals surface area (Å²) >= 11 is 0. The van der Waals surface area contributed by atoms with Crippen LogP contribution in [0.4, 0.5) is 5.69 Å². The summed E-state index contributed by atoms with van der Waals surface area (Å²) in [5.74, 6) is -0.595. The van der Waals surface area contributed by atoms with E-state index in [4.69, 9.17) is 5.73 Å². The molecule has 0 aliphatic carbocycles. The molecule has 1 atom stereocenters. The third-order valence-corrected chi connectivity index (χ3v) is 3.48. The zero-order valence-corrected chi connectivity index (χ0v) is 11.3. The van der Waals surface area contributed by atoms with Crippen molar-refractivity contribution >= 4 is 17.5 Å². The molecule has 1 unspecified atom stereocenters. The summed E-state index contributed by atoms with van der Waals surface area (Å²) in [5.41, 5.74) is 7.53. The van der Waals surface area contributed by atoms with E-state index in [1.165, 1.54) is 0 Å². The van der Waals surface area contributed by atoms with Crippen LogP contribution in [0.15, 0.2) is 54.6 Å². The zero-order chi connectivity index (χ0) is 14.8. The lowest BCUT2D eigenvalue weighted by Gasteiger charge is -2.38. The molecule has 3 rings (SSSR count). The summed E-state index contributed by atoms with van der Waals surface area (Å²) in [7, 11) is 0. The number of nitrogens with two attached hydrogens (primary N) is 1. The fraction of sp³-hybridized carbons (Fsp3) is 0.125. The van der Waals surface area contributed by atoms with Crippen LogP contribution >= 0.6 is 0 Å². The van der Waals surface area contributed by atoms with Crippen LogP contribution < -0.4 is 16.0 Å². The van der Waals surface area contributed by atoms with E-state index in [1.807, 2.05) is 47.4 Å². The fourth-order valence-corrected chi connectivity index (χ4v) is 2.58. The first-order chi connectivity index (χ1) is 10.2. The normalized spacial score (nSPS) is 17.0. The smallest absolute Gasteiger partial charge is 0.255 e. The highest BCUT2D eigenvalue weighted by Crippen LogP contribution is 2.32. The first kappa shape index (κ1) is 13.2. The lowest BCUT2D eigenvalue weighted by atomic mass is 10.0. The van der Waals surface area contributed by atoms with Crippen LogP contribution in [-0.2, 0) is 4.79 Å². The first-order valence-electron chi connectivity index (χ1n) is 6.66. The lowest BCUT2D eigenvalue weighted by molar-refractivity contribution is -0.116. The number of carbonyl (C=O) groups is 2. The number of hydrogen-bond donors (Lipinski definition) is 2. The third-order valence-electron chi connectivity index (χ3n) is 3.48. The van der Waals surface area contributed by atoms with Crippen LogP contribution in [0, 0.1) is 0 Å². The van der Waals surface area contributed by atoms with Gasteiger partial charge in [-0.3, -0.25) is 9.59 Å². The van der Waals surface area contributed by atoms with Crippen molar-refractivity contribution in [2.24, 2.45) is 5.73 Å². The molecular formula is C16H15N3O2. The number of benzene rings is 2. The number of para-hydroxylation sites is 1. The Bertz CT molecular complexity index is 685. The van der Waals surface area contributed by atoms with Gasteiger partial charge in [0, 0.05) is 0 Å². The van der Waals surface area contributed by atoms with Gasteiger partial charge in [-0.25, -0.2) is 0 Å². The van der Waals surface area contributed by atoms with E-state index in [0.717, 1.165) is 5.56 Å². The molecule has 106 valence electrons. The maximum absolute atomic E-state index is 12.2. The van der Waals surface area contributed by atoms with Crippen molar-refractivity contribution in [1.29, 1.82) is 0 Å². The van der Waals surface area contributed by atoms with Crippen molar-refractivity contribution in [3.63, 3.8) is 0 Å². The van der Waals surface area contributed by atoms with Crippen LogP contribution in [0.1, 0.15) is 22.1 Å². The quantitative estimate of drug-likeness (QED) is 0.893. The molecular weight excluding hydrogens is 266 g/mol. The van der Waals surface area contributed by atoms with Gasteiger partial charge in [0.05, 0.1) is 17.8 Å². The molecule has 0 radical (unpaired) electrons. The fourth-order valence-electron chi connectivity index (χ4n) is 2.58. The number of rotatable bonds is 3. The van der Waals surface area contributed by atoms with Crippen molar-refractivity contribution in [3.05, 3.63) is 65.7 Å². The predicted octanol–water partition coefficient (Wildman–Crippen LogP) is 1.42. The highest BCUT2D eigenvalue weighted by Gasteiger charge is 2.32. The van der Waals surface area contributed by atoms with E-state index < -0.39 is 12.1 Å². The second-order valence-corrected chi connectivity index (χ2v) is 4.90. The molecule has 1 aliphatic heterocycles. The number of fused-ring (bicyclic) bond motifs is 1. The molecule has 2 aromatic rings. The standard InChI is InChI=1S/C16H15N3O2/c17-14(20)10-19-13-9-5-4-8-12(13)16(21)18-15(19)11-6-2-1-3-7-11/h1-9,15H,10H2,(H2,17,20)(H,18,21). The Morgan fingerprint density at radius 3 is 2.48 bits per heavy atom. The summed E-state index contributed by atoms with van der Waals surface area (Å²) in [4.78, 5) is 25.5. The molecule has 0 aromatic heterocycles. The minimum Gasteiger partial charge on any atom is -0.368 e. The third kappa shape index (κ3) is 2.45. The Hall–Kier alpha value is -2.82. The maximum atomic E-state index is 12.2. The molecule has 2 aromatic carbocycles. The minimum atomic E-state index is -0.443. The Balaban J connectivity index is 2.08. The van der Waals surface area contributed by atoms with Crippen LogP contribution in [0.2, 0.25) is 0 Å². The molecule has 0 saturated carbocycles. The number of amides is 2. The second-order valence-electron chi connectivity index (χ2n) is 4.90. The monoisotopic (exact) mass is 281 g/mol. The molecule has 0 saturated heterocycles. The molecule has 5 heteroatoms. The van der Waals surface area contributed by atoms with Gasteiger partial charge in [-0.15, -0.1) is 0 Å². The number of carbonyl (C=O) groups excluding carboxylic acids is 2. The van der Waals surface area contributed by atoms with Gasteiger partial charge in [-0.05, 0) is 17.7 Å². The highest BCUT2D eigenvalue weighted by atomic mass is 16.2. The molecule has 1 aliphatic rings. The molecule has 0 spiro atoms. The summed E-state index contributed by atoms with van der Waals surface area (Å²) in [6.07, 6.45) is -0.402. The van der Waals surface area contributed by atoms with Gasteiger partial charge in [0.2, 0.25) is 5.91 Å². The van der Waals surface area contributed by atoms with Crippen LogP contribution in [0.25, 0.3) is 0 Å². The molecule has 0 bridgehead atoms. The first-order valence-corrected chi connectivity index (χ1v) is 6.66. The average Bonchev–Trinajstić information content (AvgIpc) is 2.50. The summed E-state index contributed by atoms with van der Waals surface area (Å²) in [5, 5.41) is 2.92. The Kier molecular flexibility index (Phi) is 3.31. The van der Waals surface area contributed by atoms with Crippen LogP contribution in [0.3, 0.4) is 0 Å². The number of primary amides is 1. The van der Waals surface area contributed by atoms with Gasteiger partial charge in [-0.1, -0.05) is 42.5 Å². The second kappa shape index (κ2) is 5.28. The summed E-state index contributed by atoms with van der Waals surface area (Å²) in [6.45, 7) is 0.0385. The number of anilines is 1. The van der Waals surface area contributed by atoms with Gasteiger partial charge < -0.3 is 16.0 Å². The summed E-state index contributed by atoms with van der Waals surface area (Å²) in [6, 6.07) is 16.7. The summed E-state index contributed by atoms with van der Waals surface area (Å²) < 4.78 is 0. The highest BCUT2D eigenvalue weighted by molar-refractivity contribution is 6.02. The van der Waals surface area contributed by atoms with E-state index in [9.17, 15) is 9.59 Å². The van der Waals surface area contributed by atoms with Crippen molar-refractivity contribution in [3.8, 4) is 0 Å². The van der Waals surface area contributed by atoms with E-state index in [-0.39, 0.29) is 12.5 Å². The van der Waals surface area contributed by atoms with E-state index in [1.54, 1.807) is 12.1 Å². The van der Waals surface area contributed by atoms with Gasteiger partial charge >= 0.3 is 0 Å². The average molecular weight is 281 g/mol. The van der Waals surface area contributed by atoms with Gasteiger partial charge in [0.15, 0.2) is 0 Å². The maximum Gasteiger partial charge on any atom is 0.255 e. The Labute approximate surface area is 122 Å². The van der Waals surface area contributed by atoms with E-state index in [2.05, 4.69) is 5.32 Å². The zero-order valence-electron chi connectivity index (χ0n) is 11.3. The van der Waals surface area contributed by atoms with Gasteiger partial charge in [0.1, 0.15) is 6.17 Å². The van der Waals surface area contributed by atoms with Crippen LogP contribution in [0.5, 0.6) is 0 Å². The minimum absolute atomic E-state index is 0.0385. The van der Waals surface area contributed by atoms with Gasteiger partial charge in [-0.2, -0.15) is 0 Å². The van der Waals surface area contributed by atoms with E-state index in [0.29, 0.717) is 11.3 Å². The number of nitrogens with zero attached hydrogens (tertiary/aromatic N) is 1. The van der Waals surface area contributed by atoms with Crippen molar-refractivity contribution < 1.29 is 9.59 Å². The van der Waals surface area contributed by atoms with E-state index >= 15 is 0 Å². The Morgan fingerprint density at radius 2 is 1.76 bits per heavy atom.